The van der Waals surface area contributed by atoms with Crippen LogP contribution in [0.25, 0.3) is 0 Å². The molecule has 158 valence electrons. The Hall–Kier alpha value is -1.88. The van der Waals surface area contributed by atoms with Gasteiger partial charge in [-0.15, -0.1) is 0 Å². The lowest BCUT2D eigenvalue weighted by Crippen LogP contribution is -2.50. The minimum atomic E-state index is 0.138. The maximum atomic E-state index is 12.6. The summed E-state index contributed by atoms with van der Waals surface area (Å²) in [6.07, 6.45) is 8.70. The van der Waals surface area contributed by atoms with E-state index in [1.807, 2.05) is 30.3 Å². The maximum absolute atomic E-state index is 12.6. The zero-order valence-corrected chi connectivity index (χ0v) is 17.5. The van der Waals surface area contributed by atoms with E-state index in [1.54, 1.807) is 0 Å². The molecular weight excluding hydrogens is 362 g/mol. The van der Waals surface area contributed by atoms with Crippen molar-refractivity contribution in [3.63, 3.8) is 0 Å². The second kappa shape index (κ2) is 9.75. The van der Waals surface area contributed by atoms with Crippen LogP contribution in [-0.4, -0.2) is 53.8 Å². The third-order valence-electron chi connectivity index (χ3n) is 7.21. The van der Waals surface area contributed by atoms with E-state index in [9.17, 15) is 9.59 Å². The monoisotopic (exact) mass is 397 g/mol. The molecule has 1 aliphatic carbocycles. The highest BCUT2D eigenvalue weighted by atomic mass is 16.2. The molecular formula is C24H35N3O2. The second-order valence-corrected chi connectivity index (χ2v) is 9.05. The molecule has 1 aromatic carbocycles. The number of amides is 2. The highest BCUT2D eigenvalue weighted by Gasteiger charge is 2.33. The van der Waals surface area contributed by atoms with Crippen molar-refractivity contribution in [3.05, 3.63) is 35.9 Å². The van der Waals surface area contributed by atoms with Crippen LogP contribution in [0.2, 0.25) is 0 Å². The molecule has 2 amide bonds. The molecule has 0 aromatic heterocycles. The minimum absolute atomic E-state index is 0.138. The summed E-state index contributed by atoms with van der Waals surface area (Å²) in [6, 6.07) is 10.7. The van der Waals surface area contributed by atoms with Crippen LogP contribution in [0.15, 0.2) is 30.3 Å². The summed E-state index contributed by atoms with van der Waals surface area (Å²) >= 11 is 0. The zero-order chi connectivity index (χ0) is 20.1. The average Bonchev–Trinajstić information content (AvgIpc) is 3.33. The smallest absolute Gasteiger partial charge is 0.225 e. The van der Waals surface area contributed by atoms with E-state index in [0.717, 1.165) is 70.3 Å². The van der Waals surface area contributed by atoms with Gasteiger partial charge in [0.2, 0.25) is 11.8 Å². The van der Waals surface area contributed by atoms with Crippen molar-refractivity contribution in [1.29, 1.82) is 0 Å². The van der Waals surface area contributed by atoms with Crippen molar-refractivity contribution in [3.8, 4) is 0 Å². The van der Waals surface area contributed by atoms with Gasteiger partial charge in [-0.2, -0.15) is 0 Å². The number of nitrogens with zero attached hydrogens (tertiary/aromatic N) is 2. The quantitative estimate of drug-likeness (QED) is 0.830. The summed E-state index contributed by atoms with van der Waals surface area (Å²) in [7, 11) is 0. The Bertz CT molecular complexity index is 671. The fourth-order valence-electron chi connectivity index (χ4n) is 5.34. The van der Waals surface area contributed by atoms with Crippen LogP contribution in [0, 0.1) is 11.8 Å². The molecule has 1 aromatic rings. The number of piperidine rings is 2. The standard InChI is InChI=1S/C24H35N3O2/c28-23(25-18-19-6-2-1-3-7-19)20-10-14-26(15-11-20)22-12-16-27(17-13-22)24(29)21-8-4-5-9-21/h1-3,6-7,20-22H,4-5,8-18H2,(H,25,28). The van der Waals surface area contributed by atoms with Crippen molar-refractivity contribution in [1.82, 2.24) is 15.1 Å². The molecule has 4 rings (SSSR count). The molecule has 0 unspecified atom stereocenters. The topological polar surface area (TPSA) is 52.7 Å². The molecule has 1 saturated carbocycles. The Morgan fingerprint density at radius 3 is 2.14 bits per heavy atom. The first-order valence-corrected chi connectivity index (χ1v) is 11.5. The molecule has 5 nitrogen and oxygen atoms in total. The number of hydrogen-bond acceptors (Lipinski definition) is 3. The van der Waals surface area contributed by atoms with Gasteiger partial charge in [0.15, 0.2) is 0 Å². The van der Waals surface area contributed by atoms with Crippen molar-refractivity contribution in [2.24, 2.45) is 11.8 Å². The van der Waals surface area contributed by atoms with Crippen molar-refractivity contribution < 1.29 is 9.59 Å². The van der Waals surface area contributed by atoms with Crippen LogP contribution < -0.4 is 5.32 Å². The predicted octanol–water partition coefficient (Wildman–Crippen LogP) is 3.20. The molecule has 1 N–H and O–H groups in total. The summed E-state index contributed by atoms with van der Waals surface area (Å²) < 4.78 is 0. The molecule has 29 heavy (non-hydrogen) atoms. The fourth-order valence-corrected chi connectivity index (χ4v) is 5.34. The number of carbonyl (C=O) groups is 2. The zero-order valence-electron chi connectivity index (χ0n) is 17.5. The van der Waals surface area contributed by atoms with Gasteiger partial charge >= 0.3 is 0 Å². The predicted molar refractivity (Wildman–Crippen MR) is 114 cm³/mol. The van der Waals surface area contributed by atoms with Gasteiger partial charge < -0.3 is 15.1 Å². The first-order valence-electron chi connectivity index (χ1n) is 11.5. The SMILES string of the molecule is O=C(NCc1ccccc1)C1CCN(C2CCN(C(=O)C3CCCC3)CC2)CC1. The molecule has 2 heterocycles. The van der Waals surface area contributed by atoms with Crippen LogP contribution in [0.4, 0.5) is 0 Å². The number of benzene rings is 1. The van der Waals surface area contributed by atoms with E-state index in [4.69, 9.17) is 0 Å². The van der Waals surface area contributed by atoms with Crippen LogP contribution in [-0.2, 0) is 16.1 Å². The summed E-state index contributed by atoms with van der Waals surface area (Å²) in [4.78, 5) is 29.8. The number of hydrogen-bond donors (Lipinski definition) is 1. The number of nitrogens with one attached hydrogen (secondary N) is 1. The van der Waals surface area contributed by atoms with Crippen LogP contribution in [0.1, 0.15) is 56.9 Å². The molecule has 5 heteroatoms. The lowest BCUT2D eigenvalue weighted by Gasteiger charge is -2.42. The van der Waals surface area contributed by atoms with E-state index >= 15 is 0 Å². The second-order valence-electron chi connectivity index (χ2n) is 9.05. The van der Waals surface area contributed by atoms with E-state index in [1.165, 1.54) is 12.8 Å². The Morgan fingerprint density at radius 2 is 1.48 bits per heavy atom. The van der Waals surface area contributed by atoms with Crippen molar-refractivity contribution in [2.75, 3.05) is 26.2 Å². The molecule has 2 saturated heterocycles. The van der Waals surface area contributed by atoms with Crippen LogP contribution >= 0.6 is 0 Å². The lowest BCUT2D eigenvalue weighted by atomic mass is 9.92. The minimum Gasteiger partial charge on any atom is -0.352 e. The molecule has 2 aliphatic heterocycles. The molecule has 0 radical (unpaired) electrons. The van der Waals surface area contributed by atoms with Crippen molar-refractivity contribution in [2.45, 2.75) is 64.0 Å². The van der Waals surface area contributed by atoms with Gasteiger partial charge in [0.05, 0.1) is 0 Å². The third kappa shape index (κ3) is 5.19. The van der Waals surface area contributed by atoms with Gasteiger partial charge in [0.1, 0.15) is 0 Å². The fraction of sp³-hybridized carbons (Fsp3) is 0.667. The van der Waals surface area contributed by atoms with E-state index < -0.39 is 0 Å². The number of carbonyl (C=O) groups excluding carboxylic acids is 2. The Kier molecular flexibility index (Phi) is 6.86. The first-order chi connectivity index (χ1) is 14.2. The summed E-state index contributed by atoms with van der Waals surface area (Å²) in [6.45, 7) is 4.46. The van der Waals surface area contributed by atoms with Crippen molar-refractivity contribution >= 4 is 11.8 Å². The van der Waals surface area contributed by atoms with Crippen LogP contribution in [0.3, 0.4) is 0 Å². The van der Waals surface area contributed by atoms with Gasteiger partial charge in [-0.1, -0.05) is 43.2 Å². The summed E-state index contributed by atoms with van der Waals surface area (Å²) in [5.41, 5.74) is 1.15. The highest BCUT2D eigenvalue weighted by molar-refractivity contribution is 5.79. The maximum Gasteiger partial charge on any atom is 0.225 e. The Labute approximate surface area is 174 Å². The van der Waals surface area contributed by atoms with E-state index in [2.05, 4.69) is 15.1 Å². The Morgan fingerprint density at radius 1 is 0.828 bits per heavy atom. The largest absolute Gasteiger partial charge is 0.352 e. The molecule has 3 fully saturated rings. The average molecular weight is 398 g/mol. The summed E-state index contributed by atoms with van der Waals surface area (Å²) in [5, 5.41) is 3.11. The lowest BCUT2D eigenvalue weighted by molar-refractivity contribution is -0.137. The van der Waals surface area contributed by atoms with Gasteiger partial charge in [0.25, 0.3) is 0 Å². The Balaban J connectivity index is 1.17. The van der Waals surface area contributed by atoms with E-state index in [0.29, 0.717) is 24.4 Å². The number of rotatable bonds is 5. The third-order valence-corrected chi connectivity index (χ3v) is 7.21. The normalized spacial score (nSPS) is 22.7. The number of likely N-dealkylation sites (tertiary alicyclic amines) is 2. The van der Waals surface area contributed by atoms with Gasteiger partial charge in [-0.25, -0.2) is 0 Å². The molecule has 0 spiro atoms. The van der Waals surface area contributed by atoms with Gasteiger partial charge in [0, 0.05) is 37.5 Å². The van der Waals surface area contributed by atoms with E-state index in [-0.39, 0.29) is 11.8 Å². The van der Waals surface area contributed by atoms with Gasteiger partial charge in [-0.05, 0) is 57.2 Å². The summed E-state index contributed by atoms with van der Waals surface area (Å²) in [5.74, 6) is 1.05. The molecule has 0 atom stereocenters. The first kappa shape index (κ1) is 20.4. The molecule has 3 aliphatic rings. The highest BCUT2D eigenvalue weighted by Crippen LogP contribution is 2.29. The van der Waals surface area contributed by atoms with Gasteiger partial charge in [-0.3, -0.25) is 9.59 Å². The molecule has 0 bridgehead atoms. The van der Waals surface area contributed by atoms with Crippen LogP contribution in [0.5, 0.6) is 0 Å².